The summed E-state index contributed by atoms with van der Waals surface area (Å²) in [5, 5.41) is 19.2. The van der Waals surface area contributed by atoms with Gasteiger partial charge >= 0.3 is 0 Å². The minimum absolute atomic E-state index is 0.0746. The van der Waals surface area contributed by atoms with Crippen LogP contribution in [0.5, 0.6) is 5.75 Å². The van der Waals surface area contributed by atoms with Crippen LogP contribution in [0.15, 0.2) is 18.2 Å². The number of aromatic hydroxyl groups is 1. The normalized spacial score (nSPS) is 8.92. The van der Waals surface area contributed by atoms with Gasteiger partial charge in [-0.15, -0.1) is 0 Å². The summed E-state index contributed by atoms with van der Waals surface area (Å²) in [5.74, 6) is -0.653. The zero-order chi connectivity index (χ0) is 9.84. The Labute approximate surface area is 79.4 Å². The molecule has 0 aromatic heterocycles. The highest BCUT2D eigenvalue weighted by Gasteiger charge is 2.06. The zero-order valence-corrected chi connectivity index (χ0v) is 7.17. The maximum absolute atomic E-state index is 11.0. The molecule has 0 unspecified atom stereocenters. The number of hydrogen-bond donors (Lipinski definition) is 2. The summed E-state index contributed by atoms with van der Waals surface area (Å²) in [6, 6.07) is 3.94. The molecule has 0 aliphatic heterocycles. The molecule has 0 saturated heterocycles. The quantitative estimate of drug-likeness (QED) is 0.525. The Morgan fingerprint density at radius 3 is 2.85 bits per heavy atom. The standard InChI is InChI=1S/C8H5ClN2O2/c9-6-3-5(1-2-7(6)12)8(13)11-4-10/h1-3,12H,(H,11,13). The van der Waals surface area contributed by atoms with Crippen molar-refractivity contribution in [3.63, 3.8) is 0 Å². The van der Waals surface area contributed by atoms with Crippen LogP contribution in [0.3, 0.4) is 0 Å². The summed E-state index contributed by atoms with van der Waals surface area (Å²) in [4.78, 5) is 11.0. The molecule has 0 fully saturated rings. The van der Waals surface area contributed by atoms with E-state index < -0.39 is 5.91 Å². The van der Waals surface area contributed by atoms with Crippen molar-refractivity contribution < 1.29 is 9.90 Å². The zero-order valence-electron chi connectivity index (χ0n) is 6.41. The Morgan fingerprint density at radius 1 is 1.62 bits per heavy atom. The first kappa shape index (κ1) is 9.36. The van der Waals surface area contributed by atoms with Crippen molar-refractivity contribution in [2.45, 2.75) is 0 Å². The van der Waals surface area contributed by atoms with Crippen molar-refractivity contribution in [2.24, 2.45) is 0 Å². The first-order valence-corrected chi connectivity index (χ1v) is 3.71. The van der Waals surface area contributed by atoms with Crippen LogP contribution in [0.1, 0.15) is 10.4 Å². The predicted octanol–water partition coefficient (Wildman–Crippen LogP) is 1.26. The topological polar surface area (TPSA) is 73.1 Å². The summed E-state index contributed by atoms with van der Waals surface area (Å²) < 4.78 is 0. The number of nitrogens with zero attached hydrogens (tertiary/aromatic N) is 1. The molecule has 0 bridgehead atoms. The maximum Gasteiger partial charge on any atom is 0.264 e. The Hall–Kier alpha value is -1.73. The molecule has 1 aromatic rings. The van der Waals surface area contributed by atoms with Gasteiger partial charge in [0.1, 0.15) is 5.75 Å². The number of halogens is 1. The lowest BCUT2D eigenvalue weighted by Crippen LogP contribution is -2.16. The number of benzene rings is 1. The summed E-state index contributed by atoms with van der Waals surface area (Å²) >= 11 is 5.55. The molecule has 0 saturated carbocycles. The van der Waals surface area contributed by atoms with Crippen LogP contribution in [-0.4, -0.2) is 11.0 Å². The average Bonchev–Trinajstić information content (AvgIpc) is 2.10. The van der Waals surface area contributed by atoms with Crippen LogP contribution in [0.2, 0.25) is 5.02 Å². The van der Waals surface area contributed by atoms with Gasteiger partial charge in [-0.1, -0.05) is 11.6 Å². The van der Waals surface area contributed by atoms with Gasteiger partial charge in [-0.25, -0.2) is 0 Å². The molecule has 13 heavy (non-hydrogen) atoms. The van der Waals surface area contributed by atoms with Gasteiger partial charge in [0.05, 0.1) is 5.02 Å². The maximum atomic E-state index is 11.0. The van der Waals surface area contributed by atoms with Crippen molar-refractivity contribution in [1.29, 1.82) is 5.26 Å². The molecule has 0 aliphatic rings. The van der Waals surface area contributed by atoms with Crippen molar-refractivity contribution in [2.75, 3.05) is 0 Å². The molecule has 1 aromatic carbocycles. The fraction of sp³-hybridized carbons (Fsp3) is 0. The van der Waals surface area contributed by atoms with Crippen molar-refractivity contribution in [3.05, 3.63) is 28.8 Å². The molecular formula is C8H5ClN2O2. The molecular weight excluding hydrogens is 192 g/mol. The van der Waals surface area contributed by atoms with Gasteiger partial charge in [-0.3, -0.25) is 10.1 Å². The van der Waals surface area contributed by atoms with Crippen LogP contribution >= 0.6 is 11.6 Å². The van der Waals surface area contributed by atoms with Gasteiger partial charge in [0, 0.05) is 5.56 Å². The molecule has 0 heterocycles. The van der Waals surface area contributed by atoms with Gasteiger partial charge in [0.15, 0.2) is 6.19 Å². The lowest BCUT2D eigenvalue weighted by Gasteiger charge is -1.99. The first-order chi connectivity index (χ1) is 6.15. The Kier molecular flexibility index (Phi) is 2.72. The van der Waals surface area contributed by atoms with E-state index in [9.17, 15) is 4.79 Å². The summed E-state index contributed by atoms with van der Waals surface area (Å²) in [7, 11) is 0. The fourth-order valence-corrected chi connectivity index (χ4v) is 0.952. The molecule has 0 spiro atoms. The van der Waals surface area contributed by atoms with Crippen molar-refractivity contribution >= 4 is 17.5 Å². The summed E-state index contributed by atoms with van der Waals surface area (Å²) in [6.45, 7) is 0. The van der Waals surface area contributed by atoms with Crippen LogP contribution in [-0.2, 0) is 0 Å². The van der Waals surface area contributed by atoms with E-state index in [2.05, 4.69) is 0 Å². The van der Waals surface area contributed by atoms with Gasteiger partial charge in [0.25, 0.3) is 5.91 Å². The first-order valence-electron chi connectivity index (χ1n) is 3.33. The van der Waals surface area contributed by atoms with Crippen molar-refractivity contribution in [3.8, 4) is 11.9 Å². The molecule has 0 atom stereocenters. The number of nitriles is 1. The molecule has 1 amide bonds. The Balaban J connectivity index is 2.98. The highest BCUT2D eigenvalue weighted by molar-refractivity contribution is 6.32. The van der Waals surface area contributed by atoms with E-state index in [0.29, 0.717) is 0 Å². The van der Waals surface area contributed by atoms with E-state index in [1.54, 1.807) is 0 Å². The molecule has 2 N–H and O–H groups in total. The second-order valence-electron chi connectivity index (χ2n) is 2.23. The lowest BCUT2D eigenvalue weighted by atomic mass is 10.2. The van der Waals surface area contributed by atoms with Gasteiger partial charge in [0.2, 0.25) is 0 Å². The highest BCUT2D eigenvalue weighted by Crippen LogP contribution is 2.23. The number of phenols is 1. The van der Waals surface area contributed by atoms with E-state index in [0.717, 1.165) is 0 Å². The van der Waals surface area contributed by atoms with E-state index in [-0.39, 0.29) is 16.3 Å². The van der Waals surface area contributed by atoms with E-state index >= 15 is 0 Å². The third-order valence-electron chi connectivity index (χ3n) is 1.38. The number of carbonyl (C=O) groups excluding carboxylic acids is 1. The number of phenolic OH excluding ortho intramolecular Hbond substituents is 1. The van der Waals surface area contributed by atoms with Gasteiger partial charge in [-0.2, -0.15) is 5.26 Å². The Bertz CT molecular complexity index is 384. The minimum atomic E-state index is -0.551. The van der Waals surface area contributed by atoms with Crippen LogP contribution in [0, 0.1) is 11.5 Å². The molecule has 66 valence electrons. The van der Waals surface area contributed by atoms with Crippen molar-refractivity contribution in [1.82, 2.24) is 5.32 Å². The van der Waals surface area contributed by atoms with Crippen LogP contribution in [0.25, 0.3) is 0 Å². The van der Waals surface area contributed by atoms with E-state index in [1.807, 2.05) is 5.32 Å². The second kappa shape index (κ2) is 3.78. The number of amides is 1. The van der Waals surface area contributed by atoms with Crippen LogP contribution in [0.4, 0.5) is 0 Å². The fourth-order valence-electron chi connectivity index (χ4n) is 0.771. The number of nitrogens with one attached hydrogen (secondary N) is 1. The molecule has 1 rings (SSSR count). The van der Waals surface area contributed by atoms with E-state index in [1.165, 1.54) is 24.4 Å². The minimum Gasteiger partial charge on any atom is -0.506 e. The second-order valence-corrected chi connectivity index (χ2v) is 2.64. The largest absolute Gasteiger partial charge is 0.506 e. The SMILES string of the molecule is N#CNC(=O)c1ccc(O)c(Cl)c1. The third kappa shape index (κ3) is 2.10. The summed E-state index contributed by atoms with van der Waals surface area (Å²) in [5.41, 5.74) is 0.226. The van der Waals surface area contributed by atoms with Gasteiger partial charge < -0.3 is 5.11 Å². The van der Waals surface area contributed by atoms with E-state index in [4.69, 9.17) is 22.0 Å². The highest BCUT2D eigenvalue weighted by atomic mass is 35.5. The number of hydrogen-bond acceptors (Lipinski definition) is 3. The number of rotatable bonds is 1. The number of carbonyl (C=O) groups is 1. The molecule has 0 aliphatic carbocycles. The monoisotopic (exact) mass is 196 g/mol. The molecule has 4 nitrogen and oxygen atoms in total. The molecule has 5 heteroatoms. The smallest absolute Gasteiger partial charge is 0.264 e. The molecule has 0 radical (unpaired) electrons. The Morgan fingerprint density at radius 2 is 2.31 bits per heavy atom. The van der Waals surface area contributed by atoms with Crippen LogP contribution < -0.4 is 5.32 Å². The average molecular weight is 197 g/mol. The summed E-state index contributed by atoms with van der Waals surface area (Å²) in [6.07, 6.45) is 1.49. The van der Waals surface area contributed by atoms with Gasteiger partial charge in [-0.05, 0) is 18.2 Å². The predicted molar refractivity (Wildman–Crippen MR) is 46.2 cm³/mol. The lowest BCUT2D eigenvalue weighted by molar-refractivity contribution is 0.0973. The third-order valence-corrected chi connectivity index (χ3v) is 1.68.